The number of hydrogen-bond donors (Lipinski definition) is 2. The van der Waals surface area contributed by atoms with Gasteiger partial charge in [0, 0.05) is 31.9 Å². The minimum absolute atomic E-state index is 0. The van der Waals surface area contributed by atoms with Crippen LogP contribution in [0.1, 0.15) is 23.6 Å². The molecule has 0 saturated heterocycles. The molecule has 0 aliphatic heterocycles. The maximum atomic E-state index is 5.38. The molecule has 2 N–H and O–H groups in total. The molecule has 2 rings (SSSR count). The van der Waals surface area contributed by atoms with E-state index in [0.717, 1.165) is 42.3 Å². The van der Waals surface area contributed by atoms with Gasteiger partial charge in [0.05, 0.1) is 19.9 Å². The van der Waals surface area contributed by atoms with Crippen molar-refractivity contribution in [1.29, 1.82) is 0 Å². The van der Waals surface area contributed by atoms with E-state index < -0.39 is 0 Å². The molecule has 0 atom stereocenters. The lowest BCUT2D eigenvalue weighted by Gasteiger charge is -2.12. The van der Waals surface area contributed by atoms with E-state index in [-0.39, 0.29) is 24.0 Å². The molecule has 0 bridgehead atoms. The van der Waals surface area contributed by atoms with Gasteiger partial charge in [-0.3, -0.25) is 4.68 Å². The average Bonchev–Trinajstić information content (AvgIpc) is 2.99. The summed E-state index contributed by atoms with van der Waals surface area (Å²) in [6.07, 6.45) is 4.73. The third-order valence-electron chi connectivity index (χ3n) is 3.70. The number of hydrogen-bond acceptors (Lipinski definition) is 3. The Morgan fingerprint density at radius 3 is 2.72 bits per heavy atom. The Balaban J connectivity index is 0.00000312. The molecule has 0 fully saturated rings. The van der Waals surface area contributed by atoms with Gasteiger partial charge in [-0.15, -0.1) is 24.0 Å². The summed E-state index contributed by atoms with van der Waals surface area (Å²) in [6.45, 7) is 6.37. The molecule has 0 amide bonds. The number of halogens is 1. The quantitative estimate of drug-likeness (QED) is 0.381. The van der Waals surface area contributed by atoms with E-state index >= 15 is 0 Å². The van der Waals surface area contributed by atoms with Gasteiger partial charge in [0.2, 0.25) is 0 Å². The summed E-state index contributed by atoms with van der Waals surface area (Å²) in [5.41, 5.74) is 3.49. The predicted octanol–water partition coefficient (Wildman–Crippen LogP) is 2.65. The van der Waals surface area contributed by atoms with E-state index in [1.807, 2.05) is 19.4 Å². The summed E-state index contributed by atoms with van der Waals surface area (Å²) in [5.74, 6) is 1.75. The third kappa shape index (κ3) is 6.93. The number of nitrogens with one attached hydrogen (secondary N) is 2. The van der Waals surface area contributed by atoms with E-state index in [9.17, 15) is 0 Å². The molecule has 2 aromatic rings. The van der Waals surface area contributed by atoms with Crippen LogP contribution in [0.2, 0.25) is 0 Å². The van der Waals surface area contributed by atoms with Crippen LogP contribution >= 0.6 is 24.0 Å². The molecular formula is C18H28IN5O. The van der Waals surface area contributed by atoms with Crippen LogP contribution in [0, 0.1) is 6.92 Å². The lowest BCUT2D eigenvalue weighted by atomic mass is 10.1. The molecule has 1 heterocycles. The van der Waals surface area contributed by atoms with Crippen LogP contribution in [-0.4, -0.2) is 35.9 Å². The maximum absolute atomic E-state index is 5.38. The normalized spacial score (nSPS) is 11.0. The lowest BCUT2D eigenvalue weighted by Crippen LogP contribution is -2.38. The van der Waals surface area contributed by atoms with Gasteiger partial charge in [0.1, 0.15) is 5.75 Å². The predicted molar refractivity (Wildman–Crippen MR) is 113 cm³/mol. The zero-order valence-electron chi connectivity index (χ0n) is 15.4. The first kappa shape index (κ1) is 21.3. The van der Waals surface area contributed by atoms with Crippen molar-refractivity contribution in [3.8, 4) is 5.75 Å². The van der Waals surface area contributed by atoms with Crippen molar-refractivity contribution < 1.29 is 4.74 Å². The van der Waals surface area contributed by atoms with E-state index in [1.54, 1.807) is 11.8 Å². The maximum Gasteiger partial charge on any atom is 0.191 e. The molecule has 25 heavy (non-hydrogen) atoms. The Bertz CT molecular complexity index is 684. The SMILES string of the molecule is CCNC(=NCc1cnn(C)c1)NCCc1ccc(C)c(OC)c1.I. The van der Waals surface area contributed by atoms with Gasteiger partial charge in [-0.1, -0.05) is 12.1 Å². The van der Waals surface area contributed by atoms with Gasteiger partial charge in [0.25, 0.3) is 0 Å². The number of methoxy groups -OCH3 is 1. The highest BCUT2D eigenvalue weighted by Gasteiger charge is 2.02. The van der Waals surface area contributed by atoms with Crippen LogP contribution in [-0.2, 0) is 20.0 Å². The van der Waals surface area contributed by atoms with Crippen LogP contribution in [0.3, 0.4) is 0 Å². The third-order valence-corrected chi connectivity index (χ3v) is 3.70. The topological polar surface area (TPSA) is 63.5 Å². The van der Waals surface area contributed by atoms with Crippen LogP contribution < -0.4 is 15.4 Å². The first-order valence-corrected chi connectivity index (χ1v) is 8.25. The van der Waals surface area contributed by atoms with Crippen molar-refractivity contribution in [2.45, 2.75) is 26.8 Å². The Hall–Kier alpha value is -1.77. The molecule has 0 spiro atoms. The van der Waals surface area contributed by atoms with Crippen molar-refractivity contribution in [2.75, 3.05) is 20.2 Å². The fourth-order valence-electron chi connectivity index (χ4n) is 2.41. The first-order chi connectivity index (χ1) is 11.6. The number of ether oxygens (including phenoxy) is 1. The van der Waals surface area contributed by atoms with Crippen molar-refractivity contribution in [1.82, 2.24) is 20.4 Å². The van der Waals surface area contributed by atoms with Crippen LogP contribution in [0.25, 0.3) is 0 Å². The minimum atomic E-state index is 0. The highest BCUT2D eigenvalue weighted by molar-refractivity contribution is 14.0. The van der Waals surface area contributed by atoms with E-state index in [2.05, 4.69) is 52.8 Å². The van der Waals surface area contributed by atoms with Crippen LogP contribution in [0.4, 0.5) is 0 Å². The summed E-state index contributed by atoms with van der Waals surface area (Å²) in [4.78, 5) is 4.59. The van der Waals surface area contributed by atoms with E-state index in [1.165, 1.54) is 5.56 Å². The minimum Gasteiger partial charge on any atom is -0.496 e. The molecule has 0 aliphatic rings. The Morgan fingerprint density at radius 2 is 2.08 bits per heavy atom. The summed E-state index contributed by atoms with van der Waals surface area (Å²) < 4.78 is 7.16. The Labute approximate surface area is 167 Å². The van der Waals surface area contributed by atoms with Gasteiger partial charge in [-0.2, -0.15) is 5.10 Å². The van der Waals surface area contributed by atoms with E-state index in [4.69, 9.17) is 4.74 Å². The number of benzene rings is 1. The molecule has 1 aromatic heterocycles. The number of nitrogens with zero attached hydrogens (tertiary/aromatic N) is 3. The Morgan fingerprint density at radius 1 is 1.28 bits per heavy atom. The monoisotopic (exact) mass is 457 g/mol. The molecule has 0 unspecified atom stereocenters. The molecular weight excluding hydrogens is 429 g/mol. The second kappa shape index (κ2) is 11.0. The van der Waals surface area contributed by atoms with Crippen molar-refractivity contribution >= 4 is 29.9 Å². The van der Waals surface area contributed by atoms with Crippen molar-refractivity contribution in [3.05, 3.63) is 47.3 Å². The molecule has 7 heteroatoms. The second-order valence-electron chi connectivity index (χ2n) is 5.70. The zero-order valence-corrected chi connectivity index (χ0v) is 17.7. The number of guanidine groups is 1. The summed E-state index contributed by atoms with van der Waals surface area (Å²) >= 11 is 0. The van der Waals surface area contributed by atoms with Gasteiger partial charge >= 0.3 is 0 Å². The number of aryl methyl sites for hydroxylation is 2. The number of aromatic nitrogens is 2. The highest BCUT2D eigenvalue weighted by Crippen LogP contribution is 2.18. The zero-order chi connectivity index (χ0) is 17.4. The molecule has 6 nitrogen and oxygen atoms in total. The number of rotatable bonds is 7. The lowest BCUT2D eigenvalue weighted by molar-refractivity contribution is 0.411. The van der Waals surface area contributed by atoms with Gasteiger partial charge in [-0.05, 0) is 37.5 Å². The van der Waals surface area contributed by atoms with Crippen LogP contribution in [0.5, 0.6) is 5.75 Å². The fraction of sp³-hybridized carbons (Fsp3) is 0.444. The standard InChI is InChI=1S/C18H27N5O.HI/c1-5-19-18(21-11-16-12-22-23(3)13-16)20-9-8-15-7-6-14(2)17(10-15)24-4;/h6-7,10,12-13H,5,8-9,11H2,1-4H3,(H2,19,20,21);1H. The molecule has 0 saturated carbocycles. The van der Waals surface area contributed by atoms with Crippen LogP contribution in [0.15, 0.2) is 35.6 Å². The molecule has 0 radical (unpaired) electrons. The fourth-order valence-corrected chi connectivity index (χ4v) is 2.41. The highest BCUT2D eigenvalue weighted by atomic mass is 127. The molecule has 138 valence electrons. The average molecular weight is 457 g/mol. The Kier molecular flexibility index (Phi) is 9.33. The first-order valence-electron chi connectivity index (χ1n) is 8.25. The van der Waals surface area contributed by atoms with Gasteiger partial charge in [0.15, 0.2) is 5.96 Å². The van der Waals surface area contributed by atoms with Gasteiger partial charge in [-0.25, -0.2) is 4.99 Å². The number of aliphatic imine (C=N–C) groups is 1. The largest absolute Gasteiger partial charge is 0.496 e. The smallest absolute Gasteiger partial charge is 0.191 e. The van der Waals surface area contributed by atoms with Crippen molar-refractivity contribution in [2.24, 2.45) is 12.0 Å². The van der Waals surface area contributed by atoms with E-state index in [0.29, 0.717) is 6.54 Å². The molecule has 0 aliphatic carbocycles. The molecule has 1 aromatic carbocycles. The van der Waals surface area contributed by atoms with Gasteiger partial charge < -0.3 is 15.4 Å². The summed E-state index contributed by atoms with van der Waals surface area (Å²) in [7, 11) is 3.62. The second-order valence-corrected chi connectivity index (χ2v) is 5.70. The van der Waals surface area contributed by atoms with Crippen molar-refractivity contribution in [3.63, 3.8) is 0 Å². The summed E-state index contributed by atoms with van der Waals surface area (Å²) in [6, 6.07) is 6.33. The summed E-state index contributed by atoms with van der Waals surface area (Å²) in [5, 5.41) is 10.8.